The highest BCUT2D eigenvalue weighted by Crippen LogP contribution is 2.30. The van der Waals surface area contributed by atoms with Crippen molar-refractivity contribution in [1.82, 2.24) is 9.97 Å². The van der Waals surface area contributed by atoms with Crippen LogP contribution in [0.3, 0.4) is 0 Å². The summed E-state index contributed by atoms with van der Waals surface area (Å²) >= 11 is 7.97. The van der Waals surface area contributed by atoms with Gasteiger partial charge in [-0.15, -0.1) is 11.3 Å². The van der Waals surface area contributed by atoms with Crippen LogP contribution in [0.2, 0.25) is 5.02 Å². The van der Waals surface area contributed by atoms with Crippen molar-refractivity contribution in [2.24, 2.45) is 0 Å². The minimum atomic E-state index is 0.659. The summed E-state index contributed by atoms with van der Waals surface area (Å²) in [5.74, 6) is 1.77. The van der Waals surface area contributed by atoms with Crippen LogP contribution < -0.4 is 5.32 Å². The molecule has 0 atom stereocenters. The normalized spacial score (nSPS) is 11.0. The zero-order valence-corrected chi connectivity index (χ0v) is 14.3. The van der Waals surface area contributed by atoms with Crippen molar-refractivity contribution in [2.75, 3.05) is 5.32 Å². The number of benzene rings is 1. The molecule has 0 aliphatic carbocycles. The quantitative estimate of drug-likeness (QED) is 0.708. The second kappa shape index (κ2) is 6.63. The van der Waals surface area contributed by atoms with Crippen LogP contribution in [0.25, 0.3) is 10.2 Å². The van der Waals surface area contributed by atoms with Crippen LogP contribution in [-0.2, 0) is 19.4 Å². The SMILES string of the molecule is CCc1nc(NCc2ccccc2Cl)c2cc(CC)sc2n1. The fraction of sp³-hybridized carbons (Fsp3) is 0.294. The van der Waals surface area contributed by atoms with Gasteiger partial charge in [0.15, 0.2) is 0 Å². The van der Waals surface area contributed by atoms with Crippen molar-refractivity contribution in [1.29, 1.82) is 0 Å². The molecule has 0 saturated heterocycles. The van der Waals surface area contributed by atoms with Crippen molar-refractivity contribution in [3.8, 4) is 0 Å². The molecule has 0 amide bonds. The molecule has 0 bridgehead atoms. The average molecular weight is 332 g/mol. The topological polar surface area (TPSA) is 37.8 Å². The predicted molar refractivity (Wildman–Crippen MR) is 94.9 cm³/mol. The predicted octanol–water partition coefficient (Wildman–Crippen LogP) is 5.08. The molecule has 0 spiro atoms. The Bertz CT molecular complexity index is 798. The van der Waals surface area contributed by atoms with Crippen LogP contribution in [0.4, 0.5) is 5.82 Å². The van der Waals surface area contributed by atoms with Gasteiger partial charge in [-0.2, -0.15) is 0 Å². The maximum Gasteiger partial charge on any atom is 0.138 e. The highest BCUT2D eigenvalue weighted by molar-refractivity contribution is 7.18. The fourth-order valence-electron chi connectivity index (χ4n) is 2.30. The van der Waals surface area contributed by atoms with Gasteiger partial charge >= 0.3 is 0 Å². The molecule has 22 heavy (non-hydrogen) atoms. The van der Waals surface area contributed by atoms with Gasteiger partial charge in [0.05, 0.1) is 5.39 Å². The summed E-state index contributed by atoms with van der Waals surface area (Å²) in [6.07, 6.45) is 1.85. The van der Waals surface area contributed by atoms with Crippen LogP contribution in [0, 0.1) is 0 Å². The molecule has 0 aliphatic heterocycles. The van der Waals surface area contributed by atoms with Crippen LogP contribution in [-0.4, -0.2) is 9.97 Å². The van der Waals surface area contributed by atoms with Crippen LogP contribution in [0.5, 0.6) is 0 Å². The van der Waals surface area contributed by atoms with Gasteiger partial charge in [-0.25, -0.2) is 9.97 Å². The molecule has 3 nitrogen and oxygen atoms in total. The minimum Gasteiger partial charge on any atom is -0.365 e. The molecule has 0 unspecified atom stereocenters. The van der Waals surface area contributed by atoms with E-state index >= 15 is 0 Å². The number of thiophene rings is 1. The number of aryl methyl sites for hydroxylation is 2. The van der Waals surface area contributed by atoms with E-state index in [1.807, 2.05) is 24.3 Å². The molecule has 0 aliphatic rings. The van der Waals surface area contributed by atoms with E-state index in [4.69, 9.17) is 11.6 Å². The molecular weight excluding hydrogens is 314 g/mol. The van der Waals surface area contributed by atoms with Crippen LogP contribution in [0.1, 0.15) is 30.1 Å². The molecule has 1 N–H and O–H groups in total. The third kappa shape index (κ3) is 3.08. The van der Waals surface area contributed by atoms with E-state index in [2.05, 4.69) is 35.2 Å². The van der Waals surface area contributed by atoms with Gasteiger partial charge in [0.1, 0.15) is 16.5 Å². The van der Waals surface area contributed by atoms with Gasteiger partial charge in [0.2, 0.25) is 0 Å². The van der Waals surface area contributed by atoms with Gasteiger partial charge in [-0.05, 0) is 24.1 Å². The van der Waals surface area contributed by atoms with Crippen LogP contribution >= 0.6 is 22.9 Å². The Morgan fingerprint density at radius 3 is 2.68 bits per heavy atom. The summed E-state index contributed by atoms with van der Waals surface area (Å²) in [5, 5.41) is 5.30. The summed E-state index contributed by atoms with van der Waals surface area (Å²) in [7, 11) is 0. The first-order valence-corrected chi connectivity index (χ1v) is 8.67. The molecule has 0 radical (unpaired) electrons. The van der Waals surface area contributed by atoms with Crippen LogP contribution in [0.15, 0.2) is 30.3 Å². The van der Waals surface area contributed by atoms with Gasteiger partial charge in [0.25, 0.3) is 0 Å². The van der Waals surface area contributed by atoms with Gasteiger partial charge in [0, 0.05) is 22.9 Å². The first kappa shape index (κ1) is 15.3. The van der Waals surface area contributed by atoms with Gasteiger partial charge < -0.3 is 5.32 Å². The van der Waals surface area contributed by atoms with E-state index in [0.29, 0.717) is 6.54 Å². The van der Waals surface area contributed by atoms with E-state index < -0.39 is 0 Å². The molecule has 2 heterocycles. The van der Waals surface area contributed by atoms with Crippen molar-refractivity contribution in [2.45, 2.75) is 33.2 Å². The van der Waals surface area contributed by atoms with E-state index in [9.17, 15) is 0 Å². The number of nitrogens with zero attached hydrogens (tertiary/aromatic N) is 2. The standard InChI is InChI=1S/C17H18ClN3S/c1-3-12-9-13-16(20-15(4-2)21-17(13)22-12)19-10-11-7-5-6-8-14(11)18/h5-9H,3-4,10H2,1-2H3,(H,19,20,21). The minimum absolute atomic E-state index is 0.659. The second-order valence-electron chi connectivity index (χ2n) is 5.07. The first-order valence-electron chi connectivity index (χ1n) is 7.47. The lowest BCUT2D eigenvalue weighted by molar-refractivity contribution is 0.957. The second-order valence-corrected chi connectivity index (χ2v) is 6.59. The fourth-order valence-corrected chi connectivity index (χ4v) is 3.49. The summed E-state index contributed by atoms with van der Waals surface area (Å²) in [4.78, 5) is 11.7. The van der Waals surface area contributed by atoms with E-state index in [-0.39, 0.29) is 0 Å². The number of fused-ring (bicyclic) bond motifs is 1. The number of halogens is 1. The Kier molecular flexibility index (Phi) is 4.60. The average Bonchev–Trinajstić information content (AvgIpc) is 2.97. The number of nitrogens with one attached hydrogen (secondary N) is 1. The molecule has 3 aromatic rings. The maximum atomic E-state index is 6.22. The Labute approximate surface area is 139 Å². The Hall–Kier alpha value is -1.65. The number of anilines is 1. The Morgan fingerprint density at radius 2 is 1.95 bits per heavy atom. The van der Waals surface area contributed by atoms with E-state index in [0.717, 1.165) is 45.3 Å². The molecule has 3 rings (SSSR count). The zero-order valence-electron chi connectivity index (χ0n) is 12.7. The van der Waals surface area contributed by atoms with Crippen molar-refractivity contribution in [3.05, 3.63) is 51.6 Å². The number of hydrogen-bond acceptors (Lipinski definition) is 4. The van der Waals surface area contributed by atoms with Crippen molar-refractivity contribution < 1.29 is 0 Å². The Morgan fingerprint density at radius 1 is 1.14 bits per heavy atom. The van der Waals surface area contributed by atoms with Crippen molar-refractivity contribution in [3.63, 3.8) is 0 Å². The first-order chi connectivity index (χ1) is 10.7. The monoisotopic (exact) mass is 331 g/mol. The Balaban J connectivity index is 1.95. The molecule has 2 aromatic heterocycles. The largest absolute Gasteiger partial charge is 0.365 e. The zero-order chi connectivity index (χ0) is 15.5. The molecule has 1 aromatic carbocycles. The smallest absolute Gasteiger partial charge is 0.138 e. The third-order valence-corrected chi connectivity index (χ3v) is 5.10. The van der Waals surface area contributed by atoms with Gasteiger partial charge in [-0.1, -0.05) is 43.6 Å². The molecule has 0 saturated carbocycles. The summed E-state index contributed by atoms with van der Waals surface area (Å²) in [6.45, 7) is 4.90. The number of rotatable bonds is 5. The summed E-state index contributed by atoms with van der Waals surface area (Å²) in [6, 6.07) is 10.1. The number of hydrogen-bond donors (Lipinski definition) is 1. The summed E-state index contributed by atoms with van der Waals surface area (Å²) < 4.78 is 0. The highest BCUT2D eigenvalue weighted by Gasteiger charge is 2.11. The van der Waals surface area contributed by atoms with E-state index in [1.165, 1.54) is 4.88 Å². The highest BCUT2D eigenvalue weighted by atomic mass is 35.5. The lowest BCUT2D eigenvalue weighted by atomic mass is 10.2. The molecular formula is C17H18ClN3S. The lowest BCUT2D eigenvalue weighted by Crippen LogP contribution is -2.04. The van der Waals surface area contributed by atoms with Gasteiger partial charge in [-0.3, -0.25) is 0 Å². The number of aromatic nitrogens is 2. The van der Waals surface area contributed by atoms with E-state index in [1.54, 1.807) is 11.3 Å². The summed E-state index contributed by atoms with van der Waals surface area (Å²) in [5.41, 5.74) is 1.07. The maximum absolute atomic E-state index is 6.22. The van der Waals surface area contributed by atoms with Crippen molar-refractivity contribution >= 4 is 39.0 Å². The third-order valence-electron chi connectivity index (χ3n) is 3.56. The lowest BCUT2D eigenvalue weighted by Gasteiger charge is -2.09. The molecule has 0 fully saturated rings. The molecule has 5 heteroatoms. The molecule has 114 valence electrons.